The van der Waals surface area contributed by atoms with Crippen LogP contribution in [0.1, 0.15) is 30.6 Å². The molecule has 0 aromatic heterocycles. The molecule has 1 aliphatic rings. The summed E-state index contributed by atoms with van der Waals surface area (Å²) in [4.78, 5) is 26.1. The molecule has 1 heterocycles. The van der Waals surface area contributed by atoms with Crippen LogP contribution in [-0.2, 0) is 9.53 Å². The Bertz CT molecular complexity index is 757. The number of ether oxygens (including phenoxy) is 2. The lowest BCUT2D eigenvalue weighted by Gasteiger charge is -2.30. The van der Waals surface area contributed by atoms with Crippen molar-refractivity contribution in [1.82, 2.24) is 10.2 Å². The van der Waals surface area contributed by atoms with Crippen molar-refractivity contribution in [2.45, 2.75) is 38.6 Å². The fourth-order valence-electron chi connectivity index (χ4n) is 3.13. The van der Waals surface area contributed by atoms with Crippen molar-refractivity contribution < 1.29 is 32.2 Å². The minimum atomic E-state index is -4.62. The zero-order valence-corrected chi connectivity index (χ0v) is 17.5. The fourth-order valence-corrected chi connectivity index (χ4v) is 3.13. The zero-order valence-electron chi connectivity index (χ0n) is 17.5. The molecule has 1 aromatic rings. The molecule has 0 saturated carbocycles. The van der Waals surface area contributed by atoms with Crippen LogP contribution in [0.2, 0.25) is 0 Å². The number of fused-ring (bicyclic) bond motifs is 1. The van der Waals surface area contributed by atoms with Gasteiger partial charge in [-0.15, -0.1) is 0 Å². The molecular weight excluding hydrogens is 403 g/mol. The Morgan fingerprint density at radius 1 is 1.37 bits per heavy atom. The van der Waals surface area contributed by atoms with E-state index in [0.29, 0.717) is 13.1 Å². The van der Waals surface area contributed by atoms with Gasteiger partial charge in [-0.05, 0) is 31.0 Å². The number of carbonyl (C=O) groups excluding carboxylic acids is 2. The number of hydrogen-bond acceptors (Lipinski definition) is 5. The summed E-state index contributed by atoms with van der Waals surface area (Å²) in [5.74, 6) is -1.17. The second kappa shape index (κ2) is 10.1. The van der Waals surface area contributed by atoms with Crippen molar-refractivity contribution in [3.05, 3.63) is 23.8 Å². The van der Waals surface area contributed by atoms with Crippen LogP contribution in [-0.4, -0.2) is 68.9 Å². The topological polar surface area (TPSA) is 79.9 Å². The maximum absolute atomic E-state index is 13.1. The molecule has 2 N–H and O–H groups in total. The fraction of sp³-hybridized carbons (Fsp3) is 0.600. The molecule has 168 valence electrons. The van der Waals surface area contributed by atoms with Gasteiger partial charge in [0.05, 0.1) is 11.7 Å². The Morgan fingerprint density at radius 3 is 2.70 bits per heavy atom. The molecule has 0 spiro atoms. The number of amides is 2. The SMILES string of the molecule is CO[C@@H]1CN(C)C(=O)c2cc(NC(=O)CC(F)(F)F)ccc2OC[C@H](C)NC[C@@H]1C. The van der Waals surface area contributed by atoms with Gasteiger partial charge in [-0.1, -0.05) is 6.92 Å². The highest BCUT2D eigenvalue weighted by Gasteiger charge is 2.31. The van der Waals surface area contributed by atoms with E-state index < -0.39 is 18.5 Å². The van der Waals surface area contributed by atoms with Gasteiger partial charge in [0.1, 0.15) is 18.8 Å². The average molecular weight is 431 g/mol. The quantitative estimate of drug-likeness (QED) is 0.769. The highest BCUT2D eigenvalue weighted by molar-refractivity contribution is 5.99. The normalized spacial score (nSPS) is 23.6. The summed E-state index contributed by atoms with van der Waals surface area (Å²) in [6, 6.07) is 4.21. The van der Waals surface area contributed by atoms with Crippen molar-refractivity contribution in [2.75, 3.05) is 39.2 Å². The lowest BCUT2D eigenvalue weighted by molar-refractivity contribution is -0.150. The number of alkyl halides is 3. The van der Waals surface area contributed by atoms with E-state index in [2.05, 4.69) is 10.6 Å². The minimum Gasteiger partial charge on any atom is -0.491 e. The van der Waals surface area contributed by atoms with Crippen LogP contribution < -0.4 is 15.4 Å². The van der Waals surface area contributed by atoms with E-state index in [-0.39, 0.29) is 47.6 Å². The van der Waals surface area contributed by atoms with Gasteiger partial charge in [-0.3, -0.25) is 9.59 Å². The number of likely N-dealkylation sites (N-methyl/N-ethyl adjacent to an activating group) is 1. The van der Waals surface area contributed by atoms with Crippen molar-refractivity contribution in [1.29, 1.82) is 0 Å². The number of rotatable bonds is 3. The molecule has 0 aliphatic carbocycles. The molecule has 2 rings (SSSR count). The summed E-state index contributed by atoms with van der Waals surface area (Å²) in [5.41, 5.74) is 0.237. The van der Waals surface area contributed by atoms with Crippen LogP contribution in [0.5, 0.6) is 5.75 Å². The first kappa shape index (κ1) is 23.9. The molecule has 7 nitrogen and oxygen atoms in total. The number of benzene rings is 1. The predicted octanol–water partition coefficient (Wildman–Crippen LogP) is 2.67. The van der Waals surface area contributed by atoms with E-state index >= 15 is 0 Å². The Hall–Kier alpha value is -2.33. The van der Waals surface area contributed by atoms with Gasteiger partial charge in [-0.25, -0.2) is 0 Å². The summed E-state index contributed by atoms with van der Waals surface area (Å²) >= 11 is 0. The summed E-state index contributed by atoms with van der Waals surface area (Å²) in [6.45, 7) is 5.24. The van der Waals surface area contributed by atoms with E-state index in [9.17, 15) is 22.8 Å². The maximum atomic E-state index is 13.1. The van der Waals surface area contributed by atoms with E-state index in [1.165, 1.54) is 23.1 Å². The van der Waals surface area contributed by atoms with Gasteiger partial charge in [0, 0.05) is 39.0 Å². The van der Waals surface area contributed by atoms with E-state index in [0.717, 1.165) is 0 Å². The highest BCUT2D eigenvalue weighted by Crippen LogP contribution is 2.27. The van der Waals surface area contributed by atoms with Crippen LogP contribution >= 0.6 is 0 Å². The smallest absolute Gasteiger partial charge is 0.397 e. The molecule has 0 fully saturated rings. The second-order valence-electron chi connectivity index (χ2n) is 7.61. The highest BCUT2D eigenvalue weighted by atomic mass is 19.4. The summed E-state index contributed by atoms with van der Waals surface area (Å²) in [5, 5.41) is 5.54. The largest absolute Gasteiger partial charge is 0.491 e. The van der Waals surface area contributed by atoms with Gasteiger partial charge in [0.15, 0.2) is 0 Å². The lowest BCUT2D eigenvalue weighted by atomic mass is 10.0. The molecule has 2 amide bonds. The Kier molecular flexibility index (Phi) is 8.08. The first-order valence-electron chi connectivity index (χ1n) is 9.65. The van der Waals surface area contributed by atoms with Crippen molar-refractivity contribution in [3.8, 4) is 5.75 Å². The Balaban J connectivity index is 2.31. The number of methoxy groups -OCH3 is 1. The van der Waals surface area contributed by atoms with Gasteiger partial charge < -0.3 is 25.0 Å². The molecule has 0 radical (unpaired) electrons. The van der Waals surface area contributed by atoms with Gasteiger partial charge in [0.25, 0.3) is 5.91 Å². The van der Waals surface area contributed by atoms with Crippen molar-refractivity contribution >= 4 is 17.5 Å². The third kappa shape index (κ3) is 6.88. The van der Waals surface area contributed by atoms with Crippen LogP contribution in [0, 0.1) is 5.92 Å². The number of carbonyl (C=O) groups is 2. The summed E-state index contributed by atoms with van der Waals surface area (Å²) in [7, 11) is 3.20. The van der Waals surface area contributed by atoms with Gasteiger partial charge in [-0.2, -0.15) is 13.2 Å². The van der Waals surface area contributed by atoms with Crippen molar-refractivity contribution in [2.24, 2.45) is 5.92 Å². The molecule has 3 atom stereocenters. The predicted molar refractivity (Wildman–Crippen MR) is 106 cm³/mol. The number of halogens is 3. The van der Waals surface area contributed by atoms with E-state index in [1.807, 2.05) is 13.8 Å². The first-order valence-corrected chi connectivity index (χ1v) is 9.65. The Labute approximate surface area is 173 Å². The number of anilines is 1. The number of nitrogens with one attached hydrogen (secondary N) is 2. The van der Waals surface area contributed by atoms with Crippen LogP contribution in [0.3, 0.4) is 0 Å². The monoisotopic (exact) mass is 431 g/mol. The third-order valence-electron chi connectivity index (χ3n) is 4.87. The minimum absolute atomic E-state index is 0.00349. The molecule has 10 heteroatoms. The zero-order chi connectivity index (χ0) is 22.5. The summed E-state index contributed by atoms with van der Waals surface area (Å²) < 4.78 is 48.6. The lowest BCUT2D eigenvalue weighted by Crippen LogP contribution is -2.44. The standard InChI is InChI=1S/C20H28F3N3O4/c1-12-9-24-13(2)11-30-16-6-5-14(25-18(27)8-20(21,22)23)7-15(16)19(28)26(3)10-17(12)29-4/h5-7,12-13,17,24H,8-11H2,1-4H3,(H,25,27)/t12-,13-,17+/m0/s1. The molecule has 30 heavy (non-hydrogen) atoms. The first-order chi connectivity index (χ1) is 14.0. The van der Waals surface area contributed by atoms with E-state index in [1.54, 1.807) is 14.2 Å². The maximum Gasteiger partial charge on any atom is 0.397 e. The van der Waals surface area contributed by atoms with Crippen LogP contribution in [0.25, 0.3) is 0 Å². The number of hydrogen-bond donors (Lipinski definition) is 2. The van der Waals surface area contributed by atoms with Gasteiger partial charge in [0.2, 0.25) is 5.91 Å². The van der Waals surface area contributed by atoms with Crippen LogP contribution in [0.15, 0.2) is 18.2 Å². The molecule has 1 aliphatic heterocycles. The van der Waals surface area contributed by atoms with Gasteiger partial charge >= 0.3 is 6.18 Å². The second-order valence-corrected chi connectivity index (χ2v) is 7.61. The average Bonchev–Trinajstić information content (AvgIpc) is 2.66. The summed E-state index contributed by atoms with van der Waals surface area (Å²) in [6.07, 6.45) is -6.43. The molecule has 0 unspecified atom stereocenters. The van der Waals surface area contributed by atoms with E-state index in [4.69, 9.17) is 9.47 Å². The molecular formula is C20H28F3N3O4. The Morgan fingerprint density at radius 2 is 2.07 bits per heavy atom. The third-order valence-corrected chi connectivity index (χ3v) is 4.87. The number of nitrogens with zero attached hydrogens (tertiary/aromatic N) is 1. The molecule has 0 bridgehead atoms. The molecule has 1 aromatic carbocycles. The van der Waals surface area contributed by atoms with Crippen molar-refractivity contribution in [3.63, 3.8) is 0 Å². The molecule has 0 saturated heterocycles. The van der Waals surface area contributed by atoms with Crippen LogP contribution in [0.4, 0.5) is 18.9 Å².